The molecule has 1 heterocycles. The van der Waals surface area contributed by atoms with Gasteiger partial charge in [-0.3, -0.25) is 4.79 Å². The Hall–Kier alpha value is -2.97. The summed E-state index contributed by atoms with van der Waals surface area (Å²) in [6.07, 6.45) is 3.70. The lowest BCUT2D eigenvalue weighted by molar-refractivity contribution is -0.121. The molecule has 0 spiro atoms. The van der Waals surface area contributed by atoms with Gasteiger partial charge in [0.15, 0.2) is 5.82 Å². The molecule has 0 saturated carbocycles. The Morgan fingerprint density at radius 3 is 2.80 bits per heavy atom. The van der Waals surface area contributed by atoms with Crippen LogP contribution in [-0.2, 0) is 4.79 Å². The largest absolute Gasteiger partial charge is 0.354 e. The number of carbonyl (C=O) groups is 2. The normalized spacial score (nSPS) is 11.6. The van der Waals surface area contributed by atoms with Gasteiger partial charge in [0.25, 0.3) is 0 Å². The van der Waals surface area contributed by atoms with Gasteiger partial charge in [-0.15, -0.1) is 0 Å². The molecule has 0 fully saturated rings. The van der Waals surface area contributed by atoms with Crippen LogP contribution >= 0.6 is 0 Å². The summed E-state index contributed by atoms with van der Waals surface area (Å²) in [6.45, 7) is 4.08. The molecule has 1 aromatic carbocycles. The molecule has 1 aromatic heterocycles. The molecule has 3 N–H and O–H groups in total. The van der Waals surface area contributed by atoms with E-state index in [-0.39, 0.29) is 30.6 Å². The Balaban J connectivity index is 1.81. The van der Waals surface area contributed by atoms with Crippen molar-refractivity contribution in [3.05, 3.63) is 36.7 Å². The molecule has 9 heteroatoms. The molecule has 3 amide bonds. The predicted molar refractivity (Wildman–Crippen MR) is 90.9 cm³/mol. The van der Waals surface area contributed by atoms with Crippen LogP contribution in [0.2, 0.25) is 0 Å². The van der Waals surface area contributed by atoms with Gasteiger partial charge >= 0.3 is 6.03 Å². The molecule has 0 aliphatic rings. The third-order valence-corrected chi connectivity index (χ3v) is 3.53. The maximum absolute atomic E-state index is 14.1. The third kappa shape index (κ3) is 5.55. The first kappa shape index (κ1) is 18.4. The summed E-state index contributed by atoms with van der Waals surface area (Å²) >= 11 is 0. The van der Waals surface area contributed by atoms with Crippen LogP contribution in [0.4, 0.5) is 14.9 Å². The van der Waals surface area contributed by atoms with E-state index in [4.69, 9.17) is 0 Å². The maximum Gasteiger partial charge on any atom is 0.319 e. The highest BCUT2D eigenvalue weighted by Crippen LogP contribution is 2.17. The summed E-state index contributed by atoms with van der Waals surface area (Å²) in [5, 5.41) is 11.7. The van der Waals surface area contributed by atoms with Crippen molar-refractivity contribution in [3.63, 3.8) is 0 Å². The minimum absolute atomic E-state index is 0.104. The summed E-state index contributed by atoms with van der Waals surface area (Å²) < 4.78 is 15.4. The lowest BCUT2D eigenvalue weighted by atomic mass is 10.2. The number of hydrogen-bond donors (Lipinski definition) is 3. The molecule has 2 aromatic rings. The third-order valence-electron chi connectivity index (χ3n) is 3.53. The van der Waals surface area contributed by atoms with Crippen LogP contribution in [0.5, 0.6) is 0 Å². The van der Waals surface area contributed by atoms with Gasteiger partial charge in [0.05, 0.1) is 0 Å². The minimum atomic E-state index is -0.545. The summed E-state index contributed by atoms with van der Waals surface area (Å²) in [6, 6.07) is 3.82. The molecule has 0 radical (unpaired) electrons. The Morgan fingerprint density at radius 1 is 1.36 bits per heavy atom. The number of halogens is 1. The van der Waals surface area contributed by atoms with Gasteiger partial charge < -0.3 is 16.0 Å². The van der Waals surface area contributed by atoms with Crippen molar-refractivity contribution in [1.29, 1.82) is 0 Å². The van der Waals surface area contributed by atoms with E-state index in [2.05, 4.69) is 26.0 Å². The molecule has 0 saturated heterocycles. The van der Waals surface area contributed by atoms with Crippen LogP contribution < -0.4 is 16.0 Å². The molecule has 0 bridgehead atoms. The first-order chi connectivity index (χ1) is 12.0. The fourth-order valence-electron chi connectivity index (χ4n) is 2.02. The predicted octanol–water partition coefficient (Wildman–Crippen LogP) is 1.83. The summed E-state index contributed by atoms with van der Waals surface area (Å²) in [5.41, 5.74) is 0.521. The van der Waals surface area contributed by atoms with E-state index in [9.17, 15) is 14.0 Å². The Bertz CT molecular complexity index is 719. The number of urea groups is 1. The van der Waals surface area contributed by atoms with Gasteiger partial charge in [-0.2, -0.15) is 5.10 Å². The molecular weight excluding hydrogens is 327 g/mol. The van der Waals surface area contributed by atoms with Crippen molar-refractivity contribution in [1.82, 2.24) is 25.4 Å². The van der Waals surface area contributed by atoms with Crippen LogP contribution in [0.25, 0.3) is 5.69 Å². The number of benzene rings is 1. The van der Waals surface area contributed by atoms with Crippen molar-refractivity contribution in [2.24, 2.45) is 0 Å². The van der Waals surface area contributed by atoms with E-state index in [1.165, 1.54) is 29.5 Å². The van der Waals surface area contributed by atoms with Gasteiger partial charge in [0.1, 0.15) is 18.3 Å². The quantitative estimate of drug-likeness (QED) is 0.710. The molecule has 134 valence electrons. The number of amides is 3. The molecule has 1 atom stereocenters. The number of anilines is 1. The van der Waals surface area contributed by atoms with Crippen LogP contribution in [0.1, 0.15) is 26.7 Å². The Labute approximate surface area is 144 Å². The standard InChI is InChI=1S/C16H21FN6O2/c1-3-11(2)21-15(24)6-7-19-16(25)22-12-4-5-14(13(17)8-12)23-10-18-9-20-23/h4-5,8-11H,3,6-7H2,1-2H3,(H,21,24)(H2,19,22,25). The van der Waals surface area contributed by atoms with Crippen molar-refractivity contribution >= 4 is 17.6 Å². The van der Waals surface area contributed by atoms with Crippen LogP contribution in [0.3, 0.4) is 0 Å². The van der Waals surface area contributed by atoms with Gasteiger partial charge in [-0.05, 0) is 31.5 Å². The molecule has 2 rings (SSSR count). The fraction of sp³-hybridized carbons (Fsp3) is 0.375. The van der Waals surface area contributed by atoms with E-state index in [0.717, 1.165) is 6.42 Å². The first-order valence-electron chi connectivity index (χ1n) is 7.98. The van der Waals surface area contributed by atoms with Crippen LogP contribution in [-0.4, -0.2) is 39.3 Å². The maximum atomic E-state index is 14.1. The molecule has 8 nitrogen and oxygen atoms in total. The zero-order valence-corrected chi connectivity index (χ0v) is 14.1. The number of aromatic nitrogens is 3. The van der Waals surface area contributed by atoms with E-state index < -0.39 is 11.8 Å². The summed E-state index contributed by atoms with van der Waals surface area (Å²) in [7, 11) is 0. The number of nitrogens with one attached hydrogen (secondary N) is 3. The molecule has 1 unspecified atom stereocenters. The van der Waals surface area contributed by atoms with Gasteiger partial charge in [0, 0.05) is 24.7 Å². The Morgan fingerprint density at radius 2 is 2.16 bits per heavy atom. The number of carbonyl (C=O) groups excluding carboxylic acids is 2. The number of hydrogen-bond acceptors (Lipinski definition) is 4. The molecular formula is C16H21FN6O2. The highest BCUT2D eigenvalue weighted by Gasteiger charge is 2.09. The molecule has 0 aliphatic carbocycles. The second-order valence-corrected chi connectivity index (χ2v) is 5.51. The lowest BCUT2D eigenvalue weighted by Gasteiger charge is -2.12. The Kier molecular flexibility index (Phi) is 6.44. The number of nitrogens with zero attached hydrogens (tertiary/aromatic N) is 3. The van der Waals surface area contributed by atoms with Crippen LogP contribution in [0, 0.1) is 5.82 Å². The van der Waals surface area contributed by atoms with Crippen molar-refractivity contribution in [2.45, 2.75) is 32.7 Å². The summed E-state index contributed by atoms with van der Waals surface area (Å²) in [4.78, 5) is 27.1. The van der Waals surface area contributed by atoms with Crippen LogP contribution in [0.15, 0.2) is 30.9 Å². The zero-order chi connectivity index (χ0) is 18.2. The second kappa shape index (κ2) is 8.76. The molecule has 25 heavy (non-hydrogen) atoms. The highest BCUT2D eigenvalue weighted by molar-refractivity contribution is 5.89. The SMILES string of the molecule is CCC(C)NC(=O)CCNC(=O)Nc1ccc(-n2cncn2)c(F)c1. The highest BCUT2D eigenvalue weighted by atomic mass is 19.1. The monoisotopic (exact) mass is 348 g/mol. The van der Waals surface area contributed by atoms with E-state index in [0.29, 0.717) is 5.69 Å². The van der Waals surface area contributed by atoms with Gasteiger partial charge in [-0.25, -0.2) is 18.9 Å². The average molecular weight is 348 g/mol. The van der Waals surface area contributed by atoms with Crippen molar-refractivity contribution in [2.75, 3.05) is 11.9 Å². The van der Waals surface area contributed by atoms with E-state index >= 15 is 0 Å². The molecule has 0 aliphatic heterocycles. The second-order valence-electron chi connectivity index (χ2n) is 5.51. The van der Waals surface area contributed by atoms with Gasteiger partial charge in [-0.1, -0.05) is 6.92 Å². The minimum Gasteiger partial charge on any atom is -0.354 e. The summed E-state index contributed by atoms with van der Waals surface area (Å²) in [5.74, 6) is -0.672. The zero-order valence-electron chi connectivity index (χ0n) is 14.1. The fourth-order valence-corrected chi connectivity index (χ4v) is 2.02. The topological polar surface area (TPSA) is 101 Å². The van der Waals surface area contributed by atoms with Crippen molar-refractivity contribution < 1.29 is 14.0 Å². The van der Waals surface area contributed by atoms with E-state index in [1.807, 2.05) is 13.8 Å². The average Bonchev–Trinajstić information content (AvgIpc) is 3.09. The number of rotatable bonds is 7. The van der Waals surface area contributed by atoms with Crippen molar-refractivity contribution in [3.8, 4) is 5.69 Å². The van der Waals surface area contributed by atoms with E-state index in [1.54, 1.807) is 6.07 Å². The smallest absolute Gasteiger partial charge is 0.319 e. The van der Waals surface area contributed by atoms with Gasteiger partial charge in [0.2, 0.25) is 5.91 Å². The lowest BCUT2D eigenvalue weighted by Crippen LogP contribution is -2.36. The first-order valence-corrected chi connectivity index (χ1v) is 7.98.